The number of hydrogen-bond acceptors (Lipinski definition) is 3. The Kier molecular flexibility index (Phi) is 7.38. The van der Waals surface area contributed by atoms with E-state index in [1.165, 1.54) is 71.5 Å². The third-order valence-corrected chi connectivity index (χ3v) is 6.97. The third kappa shape index (κ3) is 4.78. The summed E-state index contributed by atoms with van der Waals surface area (Å²) in [6.07, 6.45) is 5.96. The Morgan fingerprint density at radius 3 is 1.92 bits per heavy atom. The lowest BCUT2D eigenvalue weighted by molar-refractivity contribution is -0.115. The molecule has 4 rings (SSSR count). The van der Waals surface area contributed by atoms with Gasteiger partial charge in [0.25, 0.3) is 0 Å². The van der Waals surface area contributed by atoms with Crippen molar-refractivity contribution < 1.29 is 0 Å². The average molecular weight is 352 g/mol. The standard InChI is InChI=1S/C11H21N.C9H18N2.C2H6/c1-3-10-5-6-11(7-10)8-12(4-2)9-11;1-8(2)11-6-9(7-11)4-10(3)5-9;1-2/h10H,3-9H2,1-2H3;8H,4-7H2,1-3H3;1-2H3. The number of hydrogen-bond donors (Lipinski definition) is 0. The molecule has 4 fully saturated rings. The van der Waals surface area contributed by atoms with Gasteiger partial charge in [-0.05, 0) is 58.0 Å². The number of likely N-dealkylation sites (tertiary alicyclic amines) is 3. The number of rotatable bonds is 3. The fourth-order valence-corrected chi connectivity index (χ4v) is 5.57. The van der Waals surface area contributed by atoms with E-state index in [1.54, 1.807) is 0 Å². The predicted molar refractivity (Wildman–Crippen MR) is 110 cm³/mol. The Hall–Kier alpha value is -0.120. The van der Waals surface area contributed by atoms with Crippen molar-refractivity contribution in [1.82, 2.24) is 14.7 Å². The van der Waals surface area contributed by atoms with Crippen LogP contribution in [0.3, 0.4) is 0 Å². The second-order valence-electron chi connectivity index (χ2n) is 9.49. The summed E-state index contributed by atoms with van der Waals surface area (Å²) in [6, 6.07) is 0.756. The Labute approximate surface area is 158 Å². The van der Waals surface area contributed by atoms with E-state index < -0.39 is 0 Å². The first-order valence-electron chi connectivity index (χ1n) is 11.0. The lowest BCUT2D eigenvalue weighted by atomic mass is 9.72. The highest BCUT2D eigenvalue weighted by atomic mass is 15.3. The van der Waals surface area contributed by atoms with E-state index in [4.69, 9.17) is 0 Å². The van der Waals surface area contributed by atoms with Gasteiger partial charge >= 0.3 is 0 Å². The van der Waals surface area contributed by atoms with Gasteiger partial charge in [-0.15, -0.1) is 0 Å². The van der Waals surface area contributed by atoms with Crippen molar-refractivity contribution in [3.05, 3.63) is 0 Å². The number of nitrogens with zero attached hydrogens (tertiary/aromatic N) is 3. The van der Waals surface area contributed by atoms with Crippen LogP contribution in [0.25, 0.3) is 0 Å². The van der Waals surface area contributed by atoms with Gasteiger partial charge in [0.1, 0.15) is 0 Å². The molecule has 1 unspecified atom stereocenters. The highest BCUT2D eigenvalue weighted by Crippen LogP contribution is 2.48. The molecule has 0 N–H and O–H groups in total. The van der Waals surface area contributed by atoms with Crippen molar-refractivity contribution in [2.24, 2.45) is 16.7 Å². The summed E-state index contributed by atoms with van der Waals surface area (Å²) < 4.78 is 0. The first kappa shape index (κ1) is 21.2. The topological polar surface area (TPSA) is 9.72 Å². The molecule has 1 aliphatic carbocycles. The van der Waals surface area contributed by atoms with Crippen LogP contribution in [0, 0.1) is 16.7 Å². The van der Waals surface area contributed by atoms with Crippen molar-refractivity contribution in [2.45, 2.75) is 73.3 Å². The molecule has 4 aliphatic rings. The third-order valence-electron chi connectivity index (χ3n) is 6.97. The van der Waals surface area contributed by atoms with Crippen LogP contribution < -0.4 is 0 Å². The van der Waals surface area contributed by atoms with Gasteiger partial charge in [0.05, 0.1) is 0 Å². The molecule has 0 amide bonds. The molecule has 148 valence electrons. The molecule has 25 heavy (non-hydrogen) atoms. The normalized spacial score (nSPS) is 30.0. The zero-order valence-corrected chi connectivity index (χ0v) is 18.3. The average Bonchev–Trinajstić information content (AvgIpc) is 2.94. The van der Waals surface area contributed by atoms with E-state index in [9.17, 15) is 0 Å². The van der Waals surface area contributed by atoms with Crippen LogP contribution in [0.4, 0.5) is 0 Å². The fourth-order valence-electron chi connectivity index (χ4n) is 5.57. The van der Waals surface area contributed by atoms with E-state index in [-0.39, 0.29) is 0 Å². The minimum atomic E-state index is 0.721. The first-order valence-corrected chi connectivity index (χ1v) is 11.0. The molecule has 1 saturated carbocycles. The SMILES string of the molecule is CC.CC(C)N1CC2(CN(C)C2)C1.CCC1CCC2(C1)CN(CC)C2. The van der Waals surface area contributed by atoms with E-state index >= 15 is 0 Å². The van der Waals surface area contributed by atoms with Crippen molar-refractivity contribution in [3.8, 4) is 0 Å². The van der Waals surface area contributed by atoms with Gasteiger partial charge in [-0.25, -0.2) is 0 Å². The molecule has 1 atom stereocenters. The van der Waals surface area contributed by atoms with Crippen molar-refractivity contribution >= 4 is 0 Å². The summed E-state index contributed by atoms with van der Waals surface area (Å²) in [6.45, 7) is 22.6. The van der Waals surface area contributed by atoms with E-state index in [0.717, 1.165) is 22.8 Å². The van der Waals surface area contributed by atoms with Crippen LogP contribution >= 0.6 is 0 Å². The molecular weight excluding hydrogens is 306 g/mol. The Bertz CT molecular complexity index is 386. The molecule has 0 aromatic carbocycles. The summed E-state index contributed by atoms with van der Waals surface area (Å²) in [5, 5.41) is 0. The molecule has 0 aromatic heterocycles. The molecule has 0 bridgehead atoms. The van der Waals surface area contributed by atoms with Crippen molar-refractivity contribution in [3.63, 3.8) is 0 Å². The molecular formula is C22H45N3. The monoisotopic (exact) mass is 351 g/mol. The van der Waals surface area contributed by atoms with E-state index in [1.807, 2.05) is 13.8 Å². The molecule has 3 heterocycles. The maximum atomic E-state index is 2.58. The summed E-state index contributed by atoms with van der Waals surface area (Å²) in [7, 11) is 2.21. The summed E-state index contributed by atoms with van der Waals surface area (Å²) in [4.78, 5) is 7.56. The van der Waals surface area contributed by atoms with Crippen molar-refractivity contribution in [1.29, 1.82) is 0 Å². The zero-order chi connectivity index (χ0) is 18.7. The van der Waals surface area contributed by atoms with Gasteiger partial charge in [-0.2, -0.15) is 0 Å². The van der Waals surface area contributed by atoms with E-state index in [0.29, 0.717) is 0 Å². The van der Waals surface area contributed by atoms with Crippen LogP contribution in [-0.2, 0) is 0 Å². The van der Waals surface area contributed by atoms with Crippen LogP contribution in [0.2, 0.25) is 0 Å². The minimum Gasteiger partial charge on any atom is -0.305 e. The van der Waals surface area contributed by atoms with Gasteiger partial charge in [0.15, 0.2) is 0 Å². The Balaban J connectivity index is 0.000000165. The molecule has 3 heteroatoms. The predicted octanol–water partition coefficient (Wildman–Crippen LogP) is 4.19. The first-order chi connectivity index (χ1) is 11.9. The molecule has 0 aromatic rings. The molecule has 3 nitrogen and oxygen atoms in total. The van der Waals surface area contributed by atoms with Crippen molar-refractivity contribution in [2.75, 3.05) is 52.9 Å². The van der Waals surface area contributed by atoms with Gasteiger partial charge < -0.3 is 9.80 Å². The van der Waals surface area contributed by atoms with Crippen LogP contribution in [-0.4, -0.2) is 73.6 Å². The lowest BCUT2D eigenvalue weighted by Crippen LogP contribution is -2.72. The largest absolute Gasteiger partial charge is 0.305 e. The van der Waals surface area contributed by atoms with Gasteiger partial charge in [-0.3, -0.25) is 4.90 Å². The highest BCUT2D eigenvalue weighted by molar-refractivity contribution is 5.05. The summed E-state index contributed by atoms with van der Waals surface area (Å²) >= 11 is 0. The van der Waals surface area contributed by atoms with Gasteiger partial charge in [0, 0.05) is 50.7 Å². The van der Waals surface area contributed by atoms with Gasteiger partial charge in [-0.1, -0.05) is 34.1 Å². The van der Waals surface area contributed by atoms with Crippen LogP contribution in [0.15, 0.2) is 0 Å². The maximum absolute atomic E-state index is 2.58. The van der Waals surface area contributed by atoms with Crippen LogP contribution in [0.5, 0.6) is 0 Å². The Morgan fingerprint density at radius 1 is 0.920 bits per heavy atom. The zero-order valence-electron chi connectivity index (χ0n) is 18.3. The molecule has 3 aliphatic heterocycles. The molecule has 2 spiro atoms. The van der Waals surface area contributed by atoms with Crippen LogP contribution in [0.1, 0.15) is 67.2 Å². The summed E-state index contributed by atoms with van der Waals surface area (Å²) in [5.74, 6) is 1.06. The second-order valence-corrected chi connectivity index (χ2v) is 9.49. The Morgan fingerprint density at radius 2 is 1.52 bits per heavy atom. The second kappa shape index (κ2) is 8.71. The highest BCUT2D eigenvalue weighted by Gasteiger charge is 2.50. The lowest BCUT2D eigenvalue weighted by Gasteiger charge is -2.60. The fraction of sp³-hybridized carbons (Fsp3) is 1.00. The van der Waals surface area contributed by atoms with Gasteiger partial charge in [0.2, 0.25) is 0 Å². The molecule has 3 saturated heterocycles. The minimum absolute atomic E-state index is 0.721. The van der Waals surface area contributed by atoms with E-state index in [2.05, 4.69) is 49.4 Å². The molecule has 0 radical (unpaired) electrons. The smallest absolute Gasteiger partial charge is 0.0212 e. The maximum Gasteiger partial charge on any atom is 0.0212 e. The summed E-state index contributed by atoms with van der Waals surface area (Å²) in [5.41, 5.74) is 1.51. The quantitative estimate of drug-likeness (QED) is 0.755.